The lowest BCUT2D eigenvalue weighted by atomic mass is 10.1. The fourth-order valence-corrected chi connectivity index (χ4v) is 3.38. The molecule has 4 nitrogen and oxygen atoms in total. The molecular weight excluding hydrogens is 312 g/mol. The number of carbonyl (C=O) groups excluding carboxylic acids is 1. The zero-order valence-electron chi connectivity index (χ0n) is 15.9. The number of hydrogen-bond acceptors (Lipinski definition) is 3. The van der Waals surface area contributed by atoms with Gasteiger partial charge in [-0.3, -0.25) is 10.2 Å². The monoisotopic (exact) mass is 346 g/mol. The van der Waals surface area contributed by atoms with Gasteiger partial charge in [0.2, 0.25) is 0 Å². The second-order valence-electron chi connectivity index (χ2n) is 7.21. The molecule has 0 saturated carbocycles. The highest BCUT2D eigenvalue weighted by atomic mass is 16.6. The zero-order chi connectivity index (χ0) is 17.9. The van der Waals surface area contributed by atoms with Crippen LogP contribution in [-0.2, 0) is 11.2 Å². The fraction of sp³-hybridized carbons (Fsp3) is 0.667. The van der Waals surface area contributed by atoms with E-state index in [-0.39, 0.29) is 12.2 Å². The summed E-state index contributed by atoms with van der Waals surface area (Å²) in [6.07, 6.45) is 9.58. The van der Waals surface area contributed by atoms with E-state index in [0.717, 1.165) is 31.7 Å². The van der Waals surface area contributed by atoms with Gasteiger partial charge in [-0.25, -0.2) is 4.79 Å². The van der Waals surface area contributed by atoms with Crippen LogP contribution in [0.3, 0.4) is 0 Å². The molecule has 0 spiro atoms. The number of piperidine rings is 1. The summed E-state index contributed by atoms with van der Waals surface area (Å²) in [6.45, 7) is 7.26. The van der Waals surface area contributed by atoms with Crippen molar-refractivity contribution in [1.82, 2.24) is 4.90 Å². The summed E-state index contributed by atoms with van der Waals surface area (Å²) in [6, 6.07) is 8.12. The first kappa shape index (κ1) is 19.8. The summed E-state index contributed by atoms with van der Waals surface area (Å²) in [5.41, 5.74) is 2.13. The molecule has 0 unspecified atom stereocenters. The summed E-state index contributed by atoms with van der Waals surface area (Å²) < 4.78 is 5.49. The van der Waals surface area contributed by atoms with Crippen molar-refractivity contribution in [3.8, 4) is 0 Å². The summed E-state index contributed by atoms with van der Waals surface area (Å²) in [5.74, 6) is 0. The number of nitrogens with one attached hydrogen (secondary N) is 1. The predicted octanol–water partition coefficient (Wildman–Crippen LogP) is 5.23. The number of unbranched alkanes of at least 4 members (excludes halogenated alkanes) is 3. The van der Waals surface area contributed by atoms with Crippen molar-refractivity contribution in [2.45, 2.75) is 71.3 Å². The molecule has 1 aliphatic heterocycles. The molecule has 1 aromatic carbocycles. The van der Waals surface area contributed by atoms with E-state index in [9.17, 15) is 4.79 Å². The maximum atomic E-state index is 12.0. The highest BCUT2D eigenvalue weighted by molar-refractivity contribution is 5.84. The number of amides is 1. The molecule has 1 aromatic rings. The first-order valence-electron chi connectivity index (χ1n) is 9.96. The van der Waals surface area contributed by atoms with E-state index in [0.29, 0.717) is 0 Å². The Bertz CT molecular complexity index is 495. The van der Waals surface area contributed by atoms with E-state index in [1.165, 1.54) is 50.5 Å². The molecule has 4 heteroatoms. The lowest BCUT2D eigenvalue weighted by Crippen LogP contribution is -2.37. The molecule has 1 atom stereocenters. The molecule has 1 N–H and O–H groups in total. The normalized spacial score (nSPS) is 16.4. The molecule has 25 heavy (non-hydrogen) atoms. The minimum Gasteiger partial charge on any atom is -0.445 e. The van der Waals surface area contributed by atoms with Crippen LogP contribution in [0.25, 0.3) is 0 Å². The van der Waals surface area contributed by atoms with Gasteiger partial charge in [-0.2, -0.15) is 0 Å². The molecule has 1 fully saturated rings. The third-order valence-corrected chi connectivity index (χ3v) is 4.79. The standard InChI is InChI=1S/C21H34N2O2/c1-3-4-5-7-10-19-11-13-20(14-12-19)22-21(24)25-18(2)17-23-15-8-6-9-16-23/h11-14,18H,3-10,15-17H2,1-2H3,(H,22,24)/t18-/m0/s1. The van der Waals surface area contributed by atoms with Crippen LogP contribution in [0.15, 0.2) is 24.3 Å². The Hall–Kier alpha value is -1.55. The Morgan fingerprint density at radius 3 is 2.52 bits per heavy atom. The number of nitrogens with zero attached hydrogens (tertiary/aromatic N) is 1. The van der Waals surface area contributed by atoms with E-state index in [2.05, 4.69) is 29.3 Å². The van der Waals surface area contributed by atoms with Crippen molar-refractivity contribution < 1.29 is 9.53 Å². The van der Waals surface area contributed by atoms with Crippen LogP contribution in [0.1, 0.15) is 64.4 Å². The Labute approximate surface area is 152 Å². The van der Waals surface area contributed by atoms with E-state index in [1.807, 2.05) is 19.1 Å². The lowest BCUT2D eigenvalue weighted by molar-refractivity contribution is 0.0833. The van der Waals surface area contributed by atoms with E-state index < -0.39 is 0 Å². The van der Waals surface area contributed by atoms with Gasteiger partial charge < -0.3 is 4.74 Å². The summed E-state index contributed by atoms with van der Waals surface area (Å²) in [5, 5.41) is 2.83. The van der Waals surface area contributed by atoms with Gasteiger partial charge in [0.05, 0.1) is 0 Å². The average Bonchev–Trinajstić information content (AvgIpc) is 2.61. The third kappa shape index (κ3) is 7.91. The second kappa shape index (κ2) is 11.1. The fourth-order valence-electron chi connectivity index (χ4n) is 3.38. The molecule has 0 aliphatic carbocycles. The Morgan fingerprint density at radius 1 is 1.12 bits per heavy atom. The molecular formula is C21H34N2O2. The van der Waals surface area contributed by atoms with E-state index in [4.69, 9.17) is 4.74 Å². The molecule has 1 aliphatic rings. The summed E-state index contributed by atoms with van der Waals surface area (Å²) in [7, 11) is 0. The van der Waals surface area contributed by atoms with Gasteiger partial charge in [0.15, 0.2) is 0 Å². The maximum absolute atomic E-state index is 12.0. The molecule has 140 valence electrons. The van der Waals surface area contributed by atoms with Gasteiger partial charge in [0, 0.05) is 12.2 Å². The topological polar surface area (TPSA) is 41.6 Å². The van der Waals surface area contributed by atoms with Crippen LogP contribution in [0.2, 0.25) is 0 Å². The molecule has 0 aromatic heterocycles. The number of aryl methyl sites for hydroxylation is 1. The van der Waals surface area contributed by atoms with Crippen molar-refractivity contribution in [2.24, 2.45) is 0 Å². The SMILES string of the molecule is CCCCCCc1ccc(NC(=O)O[C@@H](C)CN2CCCCC2)cc1. The van der Waals surface area contributed by atoms with Crippen molar-refractivity contribution in [2.75, 3.05) is 25.0 Å². The average molecular weight is 347 g/mol. The zero-order valence-corrected chi connectivity index (χ0v) is 15.9. The second-order valence-corrected chi connectivity index (χ2v) is 7.21. The Morgan fingerprint density at radius 2 is 1.84 bits per heavy atom. The van der Waals surface area contributed by atoms with Crippen LogP contribution >= 0.6 is 0 Å². The lowest BCUT2D eigenvalue weighted by Gasteiger charge is -2.28. The number of hydrogen-bond donors (Lipinski definition) is 1. The van der Waals surface area contributed by atoms with Crippen molar-refractivity contribution in [3.63, 3.8) is 0 Å². The molecule has 1 heterocycles. The van der Waals surface area contributed by atoms with Crippen molar-refractivity contribution in [3.05, 3.63) is 29.8 Å². The van der Waals surface area contributed by atoms with Gasteiger partial charge in [0.1, 0.15) is 6.10 Å². The molecule has 0 radical (unpaired) electrons. The van der Waals surface area contributed by atoms with Crippen LogP contribution < -0.4 is 5.32 Å². The number of benzene rings is 1. The molecule has 2 rings (SSSR count). The van der Waals surface area contributed by atoms with E-state index >= 15 is 0 Å². The number of carbonyl (C=O) groups is 1. The highest BCUT2D eigenvalue weighted by Crippen LogP contribution is 2.14. The van der Waals surface area contributed by atoms with Gasteiger partial charge in [-0.15, -0.1) is 0 Å². The number of ether oxygens (including phenoxy) is 1. The summed E-state index contributed by atoms with van der Waals surface area (Å²) >= 11 is 0. The molecule has 0 bridgehead atoms. The van der Waals surface area contributed by atoms with Crippen LogP contribution in [0, 0.1) is 0 Å². The Balaban J connectivity index is 1.68. The first-order chi connectivity index (χ1) is 12.2. The molecule has 1 amide bonds. The van der Waals surface area contributed by atoms with Gasteiger partial charge in [-0.1, -0.05) is 44.7 Å². The van der Waals surface area contributed by atoms with Gasteiger partial charge in [-0.05, 0) is 63.4 Å². The minimum atomic E-state index is -0.361. The third-order valence-electron chi connectivity index (χ3n) is 4.79. The van der Waals surface area contributed by atoms with Crippen LogP contribution in [0.5, 0.6) is 0 Å². The Kier molecular flexibility index (Phi) is 8.81. The van der Waals surface area contributed by atoms with Crippen LogP contribution in [-0.4, -0.2) is 36.7 Å². The predicted molar refractivity (Wildman–Crippen MR) is 104 cm³/mol. The number of rotatable bonds is 9. The highest BCUT2D eigenvalue weighted by Gasteiger charge is 2.16. The molecule has 1 saturated heterocycles. The minimum absolute atomic E-state index is 0.0871. The largest absolute Gasteiger partial charge is 0.445 e. The quantitative estimate of drug-likeness (QED) is 0.622. The van der Waals surface area contributed by atoms with Gasteiger partial charge in [0.25, 0.3) is 0 Å². The summed E-state index contributed by atoms with van der Waals surface area (Å²) in [4.78, 5) is 14.4. The van der Waals surface area contributed by atoms with Crippen molar-refractivity contribution in [1.29, 1.82) is 0 Å². The van der Waals surface area contributed by atoms with E-state index in [1.54, 1.807) is 0 Å². The smallest absolute Gasteiger partial charge is 0.411 e. The van der Waals surface area contributed by atoms with Crippen LogP contribution in [0.4, 0.5) is 10.5 Å². The first-order valence-corrected chi connectivity index (χ1v) is 9.96. The van der Waals surface area contributed by atoms with Crippen molar-refractivity contribution >= 4 is 11.8 Å². The van der Waals surface area contributed by atoms with Gasteiger partial charge >= 0.3 is 6.09 Å². The maximum Gasteiger partial charge on any atom is 0.411 e. The number of anilines is 1. The number of likely N-dealkylation sites (tertiary alicyclic amines) is 1.